The number of fused-ring (bicyclic) bond motifs is 1. The van der Waals surface area contributed by atoms with Crippen LogP contribution >= 0.6 is 17.0 Å². The molecule has 1 heterocycles. The number of nitrogens with zero attached hydrogens (tertiary/aromatic N) is 1. The molecule has 1 saturated carbocycles. The first-order valence-corrected chi connectivity index (χ1v) is 9.87. The second-order valence-electron chi connectivity index (χ2n) is 8.33. The third-order valence-corrected chi connectivity index (χ3v) is 7.16. The van der Waals surface area contributed by atoms with Crippen molar-refractivity contribution in [2.75, 3.05) is 6.54 Å². The first kappa shape index (κ1) is 18.1. The van der Waals surface area contributed by atoms with Gasteiger partial charge >= 0.3 is 0 Å². The molecule has 2 fully saturated rings. The molecule has 3 atom stereocenters. The average Bonchev–Trinajstić information content (AvgIpc) is 2.65. The highest BCUT2D eigenvalue weighted by Gasteiger charge is 2.53. The summed E-state index contributed by atoms with van der Waals surface area (Å²) in [5.41, 5.74) is 4.72. The van der Waals surface area contributed by atoms with Crippen LogP contribution in [0.3, 0.4) is 0 Å². The number of phenols is 1. The van der Waals surface area contributed by atoms with Gasteiger partial charge in [0.1, 0.15) is 5.75 Å². The summed E-state index contributed by atoms with van der Waals surface area (Å²) in [5.74, 6) is 1.20. The Balaban J connectivity index is 0.00000168. The average molecular weight is 414 g/mol. The van der Waals surface area contributed by atoms with E-state index in [1.54, 1.807) is 0 Å². The number of hydrogen-bond acceptors (Lipinski definition) is 2. The molecule has 1 saturated heterocycles. The minimum Gasteiger partial charge on any atom is -0.508 e. The molecule has 0 unspecified atom stereocenters. The van der Waals surface area contributed by atoms with Crippen LogP contribution in [0.2, 0.25) is 0 Å². The minimum atomic E-state index is 0. The van der Waals surface area contributed by atoms with Crippen LogP contribution in [0.4, 0.5) is 0 Å². The fraction of sp³-hybridized carbons (Fsp3) is 0.478. The number of benzene rings is 2. The molecule has 3 aliphatic rings. The van der Waals surface area contributed by atoms with Crippen LogP contribution in [0.5, 0.6) is 5.75 Å². The molecule has 0 aromatic heterocycles. The highest BCUT2D eigenvalue weighted by molar-refractivity contribution is 8.93. The van der Waals surface area contributed by atoms with Crippen molar-refractivity contribution in [3.8, 4) is 5.75 Å². The molecule has 5 rings (SSSR count). The first-order valence-electron chi connectivity index (χ1n) is 9.87. The van der Waals surface area contributed by atoms with E-state index in [-0.39, 0.29) is 17.0 Å². The summed E-state index contributed by atoms with van der Waals surface area (Å²) >= 11 is 0. The molecule has 0 amide bonds. The van der Waals surface area contributed by atoms with Crippen LogP contribution in [-0.4, -0.2) is 22.6 Å². The van der Waals surface area contributed by atoms with Crippen LogP contribution in [0, 0.1) is 5.92 Å². The van der Waals surface area contributed by atoms with E-state index in [2.05, 4.69) is 47.4 Å². The monoisotopic (exact) mass is 413 g/mol. The lowest BCUT2D eigenvalue weighted by Gasteiger charge is -2.59. The molecule has 0 radical (unpaired) electrons. The Labute approximate surface area is 167 Å². The molecule has 2 aromatic carbocycles. The van der Waals surface area contributed by atoms with Crippen molar-refractivity contribution in [1.29, 1.82) is 0 Å². The van der Waals surface area contributed by atoms with Crippen molar-refractivity contribution < 1.29 is 5.11 Å². The second-order valence-corrected chi connectivity index (χ2v) is 8.33. The Morgan fingerprint density at radius 3 is 2.73 bits per heavy atom. The number of phenolic OH excluding ortho intramolecular Hbond substituents is 1. The molecule has 1 N–H and O–H groups in total. The van der Waals surface area contributed by atoms with Crippen molar-refractivity contribution in [3.63, 3.8) is 0 Å². The molecule has 26 heavy (non-hydrogen) atoms. The van der Waals surface area contributed by atoms with E-state index in [1.165, 1.54) is 55.3 Å². The lowest BCUT2D eigenvalue weighted by atomic mass is 9.52. The molecule has 0 spiro atoms. The van der Waals surface area contributed by atoms with Gasteiger partial charge in [0.15, 0.2) is 0 Å². The van der Waals surface area contributed by atoms with Gasteiger partial charge in [0.2, 0.25) is 0 Å². The fourth-order valence-corrected chi connectivity index (χ4v) is 6.09. The van der Waals surface area contributed by atoms with E-state index in [9.17, 15) is 5.11 Å². The van der Waals surface area contributed by atoms with Crippen LogP contribution in [-0.2, 0) is 18.4 Å². The predicted octanol–water partition coefficient (Wildman–Crippen LogP) is 5.23. The zero-order valence-corrected chi connectivity index (χ0v) is 16.9. The zero-order valence-electron chi connectivity index (χ0n) is 15.2. The maximum absolute atomic E-state index is 10.1. The van der Waals surface area contributed by atoms with Crippen molar-refractivity contribution >= 4 is 17.0 Å². The first-order chi connectivity index (χ1) is 12.3. The summed E-state index contributed by atoms with van der Waals surface area (Å²) < 4.78 is 0. The van der Waals surface area contributed by atoms with Gasteiger partial charge in [0.25, 0.3) is 0 Å². The summed E-state index contributed by atoms with van der Waals surface area (Å²) in [6.45, 7) is 2.26. The molecule has 2 bridgehead atoms. The topological polar surface area (TPSA) is 23.5 Å². The van der Waals surface area contributed by atoms with Crippen molar-refractivity contribution in [2.45, 2.75) is 56.5 Å². The number of piperidine rings is 1. The summed E-state index contributed by atoms with van der Waals surface area (Å²) in [6.07, 6.45) is 7.77. The SMILES string of the molecule is Br.Oc1ccc2c(c1)[C@@]13CCCC[C@H]1[C@H](C2)N(Cc1ccccc1)CC3. The lowest BCUT2D eigenvalue weighted by Crippen LogP contribution is -2.60. The van der Waals surface area contributed by atoms with Crippen molar-refractivity contribution in [3.05, 3.63) is 65.2 Å². The summed E-state index contributed by atoms with van der Waals surface area (Å²) in [7, 11) is 0. The van der Waals surface area contributed by atoms with E-state index in [1.807, 2.05) is 6.07 Å². The van der Waals surface area contributed by atoms with Gasteiger partial charge in [-0.2, -0.15) is 0 Å². The molecule has 2 aliphatic carbocycles. The standard InChI is InChI=1S/C23H27NO.BrH/c25-19-10-9-18-14-22-20-8-4-5-11-23(20,21(18)15-19)12-13-24(22)16-17-6-2-1-3-7-17;/h1-3,6-7,9-10,15,20,22,25H,4-5,8,11-14,16H2;1H/t20-,22-,23+;/m0./s1. The van der Waals surface area contributed by atoms with Gasteiger partial charge in [-0.05, 0) is 67.0 Å². The quantitative estimate of drug-likeness (QED) is 0.728. The van der Waals surface area contributed by atoms with Gasteiger partial charge in [-0.25, -0.2) is 0 Å². The Bertz CT molecular complexity index is 777. The third-order valence-electron chi connectivity index (χ3n) is 7.16. The Hall–Kier alpha value is -1.32. The van der Waals surface area contributed by atoms with Crippen molar-refractivity contribution in [1.82, 2.24) is 4.90 Å². The number of likely N-dealkylation sites (tertiary alicyclic amines) is 1. The highest BCUT2D eigenvalue weighted by atomic mass is 79.9. The lowest BCUT2D eigenvalue weighted by molar-refractivity contribution is -0.0157. The van der Waals surface area contributed by atoms with Gasteiger partial charge < -0.3 is 5.11 Å². The second kappa shape index (κ2) is 7.01. The molecule has 2 aromatic rings. The summed E-state index contributed by atoms with van der Waals surface area (Å²) in [5, 5.41) is 10.1. The number of halogens is 1. The van der Waals surface area contributed by atoms with Gasteiger partial charge in [-0.1, -0.05) is 49.2 Å². The number of aromatic hydroxyl groups is 1. The molecule has 3 heteroatoms. The maximum atomic E-state index is 10.1. The fourth-order valence-electron chi connectivity index (χ4n) is 6.09. The number of hydrogen-bond donors (Lipinski definition) is 1. The van der Waals surface area contributed by atoms with E-state index in [4.69, 9.17) is 0 Å². The van der Waals surface area contributed by atoms with E-state index in [0.29, 0.717) is 17.2 Å². The normalized spacial score (nSPS) is 30.0. The molecule has 138 valence electrons. The Kier molecular flexibility index (Phi) is 4.87. The van der Waals surface area contributed by atoms with Crippen LogP contribution in [0.15, 0.2) is 48.5 Å². The van der Waals surface area contributed by atoms with Gasteiger partial charge in [0, 0.05) is 18.0 Å². The summed E-state index contributed by atoms with van der Waals surface area (Å²) in [6, 6.07) is 17.8. The molecular weight excluding hydrogens is 386 g/mol. The van der Waals surface area contributed by atoms with Gasteiger partial charge in [-0.3, -0.25) is 4.90 Å². The van der Waals surface area contributed by atoms with Gasteiger partial charge in [0.05, 0.1) is 0 Å². The number of rotatable bonds is 2. The molecular formula is C23H28BrNO. The van der Waals surface area contributed by atoms with E-state index in [0.717, 1.165) is 18.9 Å². The van der Waals surface area contributed by atoms with E-state index >= 15 is 0 Å². The summed E-state index contributed by atoms with van der Waals surface area (Å²) in [4.78, 5) is 2.75. The maximum Gasteiger partial charge on any atom is 0.115 e. The Morgan fingerprint density at radius 2 is 1.88 bits per heavy atom. The smallest absolute Gasteiger partial charge is 0.115 e. The van der Waals surface area contributed by atoms with Crippen LogP contribution < -0.4 is 0 Å². The third kappa shape index (κ3) is 2.80. The van der Waals surface area contributed by atoms with E-state index < -0.39 is 0 Å². The van der Waals surface area contributed by atoms with Crippen molar-refractivity contribution in [2.24, 2.45) is 5.92 Å². The highest BCUT2D eigenvalue weighted by Crippen LogP contribution is 2.56. The zero-order chi connectivity index (χ0) is 16.9. The minimum absolute atomic E-state index is 0. The Morgan fingerprint density at radius 1 is 1.04 bits per heavy atom. The van der Waals surface area contributed by atoms with Gasteiger partial charge in [-0.15, -0.1) is 17.0 Å². The van der Waals surface area contributed by atoms with Crippen LogP contribution in [0.25, 0.3) is 0 Å². The largest absolute Gasteiger partial charge is 0.508 e. The molecule has 2 nitrogen and oxygen atoms in total. The predicted molar refractivity (Wildman–Crippen MR) is 111 cm³/mol. The molecule has 1 aliphatic heterocycles. The van der Waals surface area contributed by atoms with Crippen LogP contribution in [0.1, 0.15) is 48.8 Å².